The number of hydrogen-bond donors (Lipinski definition) is 2. The summed E-state index contributed by atoms with van der Waals surface area (Å²) in [6.07, 6.45) is 0. The van der Waals surface area contributed by atoms with E-state index in [2.05, 4.69) is 21.4 Å². The van der Waals surface area contributed by atoms with E-state index in [1.54, 1.807) is 24.3 Å². The van der Waals surface area contributed by atoms with Crippen LogP contribution in [-0.4, -0.2) is 59.1 Å². The van der Waals surface area contributed by atoms with E-state index in [4.69, 9.17) is 0 Å². The second-order valence-corrected chi connectivity index (χ2v) is 3.56. The molecule has 0 bridgehead atoms. The molecule has 0 saturated heterocycles. The Morgan fingerprint density at radius 1 is 0.600 bits per heavy atom. The van der Waals surface area contributed by atoms with Crippen LogP contribution in [0, 0.1) is 9.81 Å². The fourth-order valence-electron chi connectivity index (χ4n) is 1.58. The number of nitrogens with one attached hydrogen (secondary N) is 2. The van der Waals surface area contributed by atoms with Crippen LogP contribution in [-0.2, 0) is 0 Å². The molecule has 2 radical (unpaired) electrons. The van der Waals surface area contributed by atoms with Gasteiger partial charge in [0.1, 0.15) is 0 Å². The van der Waals surface area contributed by atoms with Gasteiger partial charge in [0.15, 0.2) is 0 Å². The van der Waals surface area contributed by atoms with Crippen molar-refractivity contribution in [3.63, 3.8) is 0 Å². The molecule has 0 aliphatic carbocycles. The van der Waals surface area contributed by atoms with Gasteiger partial charge in [0.05, 0.1) is 21.9 Å². The molecule has 20 heavy (non-hydrogen) atoms. The van der Waals surface area contributed by atoms with E-state index in [-0.39, 0.29) is 59.1 Å². The minimum Gasteiger partial charge on any atom is -0.242 e. The van der Waals surface area contributed by atoms with E-state index >= 15 is 0 Å². The zero-order valence-corrected chi connectivity index (χ0v) is 15.3. The van der Waals surface area contributed by atoms with E-state index in [0.29, 0.717) is 11.4 Å². The van der Waals surface area contributed by atoms with Crippen LogP contribution in [0.3, 0.4) is 0 Å². The maximum atomic E-state index is 10.0. The SMILES string of the molecule is O=NNc1ccc(-c2ccc(NN=O)cc2)cc1.[Na].[Na]. The molecule has 8 heteroatoms. The Morgan fingerprint density at radius 2 is 0.900 bits per heavy atom. The van der Waals surface area contributed by atoms with Gasteiger partial charge in [-0.3, -0.25) is 0 Å². The van der Waals surface area contributed by atoms with Crippen molar-refractivity contribution in [2.75, 3.05) is 10.9 Å². The molecule has 0 saturated carbocycles. The van der Waals surface area contributed by atoms with E-state index in [0.717, 1.165) is 11.1 Å². The largest absolute Gasteiger partial charge is 0.242 e. The third-order valence-electron chi connectivity index (χ3n) is 2.45. The smallest absolute Gasteiger partial charge is 0.0594 e. The van der Waals surface area contributed by atoms with Gasteiger partial charge in [-0.1, -0.05) is 24.3 Å². The minimum atomic E-state index is 0. The van der Waals surface area contributed by atoms with E-state index in [9.17, 15) is 9.81 Å². The standard InChI is InChI=1S/C12H10N4O2.2Na/c17-15-13-11-5-1-9(2-6-11)10-3-7-12(8-4-10)14-16-18;;/h1-8H,(H,13,17)(H,14,18);;. The summed E-state index contributed by atoms with van der Waals surface area (Å²) < 4.78 is 0. The molecule has 0 heterocycles. The number of benzene rings is 2. The van der Waals surface area contributed by atoms with Gasteiger partial charge in [-0.2, -0.15) is 0 Å². The van der Waals surface area contributed by atoms with Gasteiger partial charge in [-0.15, -0.1) is 9.81 Å². The molecule has 2 aromatic rings. The third kappa shape index (κ3) is 5.32. The van der Waals surface area contributed by atoms with Crippen LogP contribution in [0.4, 0.5) is 11.4 Å². The summed E-state index contributed by atoms with van der Waals surface area (Å²) in [4.78, 5) is 20.1. The fraction of sp³-hybridized carbons (Fsp3) is 0. The molecule has 0 aromatic heterocycles. The van der Waals surface area contributed by atoms with E-state index in [1.807, 2.05) is 24.3 Å². The minimum absolute atomic E-state index is 0. The molecule has 0 amide bonds. The van der Waals surface area contributed by atoms with Gasteiger partial charge in [0.25, 0.3) is 0 Å². The summed E-state index contributed by atoms with van der Waals surface area (Å²) in [5, 5.41) is 5.18. The Hall–Kier alpha value is -0.760. The molecule has 2 rings (SSSR count). The molecule has 0 unspecified atom stereocenters. The van der Waals surface area contributed by atoms with Crippen molar-refractivity contribution in [3.05, 3.63) is 58.3 Å². The normalized spacial score (nSPS) is 8.60. The van der Waals surface area contributed by atoms with Gasteiger partial charge in [0.2, 0.25) is 0 Å². The summed E-state index contributed by atoms with van der Waals surface area (Å²) in [6.45, 7) is 0. The van der Waals surface area contributed by atoms with Crippen molar-refractivity contribution >= 4 is 70.5 Å². The van der Waals surface area contributed by atoms with Gasteiger partial charge in [0, 0.05) is 59.1 Å². The van der Waals surface area contributed by atoms with E-state index in [1.165, 1.54) is 0 Å². The van der Waals surface area contributed by atoms with Crippen molar-refractivity contribution < 1.29 is 0 Å². The summed E-state index contributed by atoms with van der Waals surface area (Å²) in [5.41, 5.74) is 7.92. The topological polar surface area (TPSA) is 82.9 Å². The Balaban J connectivity index is 0.00000180. The average Bonchev–Trinajstić information content (AvgIpc) is 2.41. The first kappa shape index (κ1) is 19.2. The number of nitrogens with zero attached hydrogens (tertiary/aromatic N) is 2. The predicted octanol–water partition coefficient (Wildman–Crippen LogP) is 2.78. The molecule has 0 aliphatic heterocycles. The number of hydrogen-bond acceptors (Lipinski definition) is 4. The Morgan fingerprint density at radius 3 is 1.15 bits per heavy atom. The Bertz CT molecular complexity index is 495. The second-order valence-electron chi connectivity index (χ2n) is 3.56. The van der Waals surface area contributed by atoms with Gasteiger partial charge >= 0.3 is 0 Å². The van der Waals surface area contributed by atoms with Crippen LogP contribution in [0.5, 0.6) is 0 Å². The molecule has 0 atom stereocenters. The monoisotopic (exact) mass is 288 g/mol. The van der Waals surface area contributed by atoms with Crippen molar-refractivity contribution in [1.82, 2.24) is 0 Å². The zero-order valence-electron chi connectivity index (χ0n) is 11.3. The fourth-order valence-corrected chi connectivity index (χ4v) is 1.58. The molecular formula is C12H10N4Na2O2. The second kappa shape index (κ2) is 10.0. The van der Waals surface area contributed by atoms with Crippen molar-refractivity contribution in [2.45, 2.75) is 0 Å². The maximum Gasteiger partial charge on any atom is 0.0594 e. The maximum absolute atomic E-state index is 10.0. The Labute approximate surface area is 160 Å². The summed E-state index contributed by atoms with van der Waals surface area (Å²) >= 11 is 0. The van der Waals surface area contributed by atoms with Crippen LogP contribution < -0.4 is 10.9 Å². The molecule has 2 aromatic carbocycles. The first-order valence-corrected chi connectivity index (χ1v) is 5.21. The average molecular weight is 288 g/mol. The zero-order chi connectivity index (χ0) is 12.8. The Kier molecular flexibility index (Phi) is 9.66. The number of nitroso groups, excluding NO2 is 2. The molecule has 0 aliphatic rings. The number of anilines is 2. The van der Waals surface area contributed by atoms with Gasteiger partial charge in [-0.05, 0) is 35.4 Å². The number of rotatable bonds is 5. The van der Waals surface area contributed by atoms with Crippen LogP contribution in [0.1, 0.15) is 0 Å². The molecule has 0 fully saturated rings. The molecule has 92 valence electrons. The van der Waals surface area contributed by atoms with Crippen LogP contribution in [0.2, 0.25) is 0 Å². The first-order valence-electron chi connectivity index (χ1n) is 5.21. The van der Waals surface area contributed by atoms with Crippen LogP contribution >= 0.6 is 0 Å². The molecule has 2 N–H and O–H groups in total. The quantitative estimate of drug-likeness (QED) is 0.503. The van der Waals surface area contributed by atoms with Gasteiger partial charge < -0.3 is 0 Å². The predicted molar refractivity (Wildman–Crippen MR) is 82.2 cm³/mol. The molecular weight excluding hydrogens is 278 g/mol. The molecule has 6 nitrogen and oxygen atoms in total. The first-order chi connectivity index (χ1) is 8.83. The third-order valence-corrected chi connectivity index (χ3v) is 2.45. The molecule has 0 spiro atoms. The summed E-state index contributed by atoms with van der Waals surface area (Å²) in [7, 11) is 0. The van der Waals surface area contributed by atoms with Crippen molar-refractivity contribution in [2.24, 2.45) is 10.6 Å². The van der Waals surface area contributed by atoms with E-state index < -0.39 is 0 Å². The van der Waals surface area contributed by atoms with Crippen molar-refractivity contribution in [1.29, 1.82) is 0 Å². The summed E-state index contributed by atoms with van der Waals surface area (Å²) in [5.74, 6) is 0. The van der Waals surface area contributed by atoms with Crippen molar-refractivity contribution in [3.8, 4) is 11.1 Å². The van der Waals surface area contributed by atoms with Crippen LogP contribution in [0.25, 0.3) is 11.1 Å². The van der Waals surface area contributed by atoms with Gasteiger partial charge in [-0.25, -0.2) is 10.9 Å². The summed E-state index contributed by atoms with van der Waals surface area (Å²) in [6, 6.07) is 14.5. The van der Waals surface area contributed by atoms with Crippen LogP contribution in [0.15, 0.2) is 59.1 Å².